The normalized spacial score (nSPS) is 9.71. The van der Waals surface area contributed by atoms with E-state index in [1.807, 2.05) is 0 Å². The molecule has 0 aliphatic rings. The number of amides is 2. The molecule has 0 radical (unpaired) electrons. The molecule has 0 spiro atoms. The van der Waals surface area contributed by atoms with Gasteiger partial charge in [-0.05, 0) is 36.4 Å². The maximum Gasteiger partial charge on any atom is 0.335 e. The molecule has 0 aliphatic heterocycles. The van der Waals surface area contributed by atoms with Gasteiger partial charge in [-0.2, -0.15) is 0 Å². The predicted molar refractivity (Wildman–Crippen MR) is 179 cm³/mol. The molecule has 2 amide bonds. The zero-order valence-corrected chi connectivity index (χ0v) is 26.3. The Labute approximate surface area is 284 Å². The number of rotatable bonds is 19. The molecule has 0 fully saturated rings. The summed E-state index contributed by atoms with van der Waals surface area (Å²) in [5, 5.41) is 15.0. The highest BCUT2D eigenvalue weighted by Crippen LogP contribution is 2.25. The lowest BCUT2D eigenvalue weighted by molar-refractivity contribution is 0.0695. The molecule has 0 bridgehead atoms. The molecule has 3 aromatic carbocycles. The Bertz CT molecular complexity index is 1610. The first-order valence-corrected chi connectivity index (χ1v) is 14.5. The van der Waals surface area contributed by atoms with Crippen molar-refractivity contribution in [3.63, 3.8) is 0 Å². The number of ether oxygens (including phenoxy) is 6. The molecule has 3 rings (SSSR count). The summed E-state index contributed by atoms with van der Waals surface area (Å²) < 4.78 is 33.0. The van der Waals surface area contributed by atoms with Crippen molar-refractivity contribution in [1.29, 1.82) is 0 Å². The van der Waals surface area contributed by atoms with Crippen LogP contribution in [0, 0.1) is 49.4 Å². The Balaban J connectivity index is 1.56. The summed E-state index contributed by atoms with van der Waals surface area (Å²) in [5.74, 6) is 8.95. The van der Waals surface area contributed by atoms with Gasteiger partial charge >= 0.3 is 5.97 Å². The first-order chi connectivity index (χ1) is 23.8. The molecule has 0 aliphatic carbocycles. The van der Waals surface area contributed by atoms with Crippen LogP contribution in [0.4, 0.5) is 0 Å². The topological polar surface area (TPSA) is 151 Å². The Morgan fingerprint density at radius 2 is 0.776 bits per heavy atom. The molecule has 49 heavy (non-hydrogen) atoms. The molecule has 0 heterocycles. The van der Waals surface area contributed by atoms with Gasteiger partial charge in [-0.15, -0.1) is 25.7 Å². The summed E-state index contributed by atoms with van der Waals surface area (Å²) >= 11 is 0. The van der Waals surface area contributed by atoms with Gasteiger partial charge in [0.05, 0.1) is 18.7 Å². The minimum atomic E-state index is -1.21. The van der Waals surface area contributed by atoms with Crippen LogP contribution in [-0.2, 0) is 0 Å². The highest BCUT2D eigenvalue weighted by atomic mass is 16.5. The van der Waals surface area contributed by atoms with Gasteiger partial charge in [0, 0.05) is 29.3 Å². The smallest absolute Gasteiger partial charge is 0.335 e. The zero-order chi connectivity index (χ0) is 35.4. The Morgan fingerprint density at radius 1 is 0.490 bits per heavy atom. The third-order valence-electron chi connectivity index (χ3n) is 6.01. The van der Waals surface area contributed by atoms with Crippen molar-refractivity contribution in [1.82, 2.24) is 10.6 Å². The second-order valence-electron chi connectivity index (χ2n) is 9.56. The molecule has 3 N–H and O–H groups in total. The second-order valence-corrected chi connectivity index (χ2v) is 9.56. The van der Waals surface area contributed by atoms with E-state index in [1.165, 1.54) is 42.5 Å². The molecular weight excluding hydrogens is 632 g/mol. The lowest BCUT2D eigenvalue weighted by Gasteiger charge is -2.13. The summed E-state index contributed by atoms with van der Waals surface area (Å²) in [4.78, 5) is 37.3. The summed E-state index contributed by atoms with van der Waals surface area (Å²) in [5.41, 5.74) is 0.381. The number of aromatic carboxylic acids is 1. The van der Waals surface area contributed by atoms with Crippen LogP contribution in [0.1, 0.15) is 31.1 Å². The lowest BCUT2D eigenvalue weighted by atomic mass is 10.2. The molecule has 0 unspecified atom stereocenters. The average molecular weight is 665 g/mol. The molecule has 0 saturated carbocycles. The highest BCUT2D eigenvalue weighted by Gasteiger charge is 2.14. The van der Waals surface area contributed by atoms with E-state index in [2.05, 4.69) is 34.3 Å². The first-order valence-electron chi connectivity index (χ1n) is 14.5. The van der Waals surface area contributed by atoms with Crippen molar-refractivity contribution in [2.75, 3.05) is 52.7 Å². The van der Waals surface area contributed by atoms with Crippen LogP contribution in [0.2, 0.25) is 0 Å². The number of carboxylic acid groups (broad SMARTS) is 1. The van der Waals surface area contributed by atoms with Crippen LogP contribution in [0.3, 0.4) is 0 Å². The van der Waals surface area contributed by atoms with Gasteiger partial charge in [-0.1, -0.05) is 23.7 Å². The van der Waals surface area contributed by atoms with Crippen LogP contribution in [0.5, 0.6) is 34.5 Å². The Hall–Kier alpha value is -6.89. The standard InChI is InChI=1S/C37H32N2O10/c1-5-11-44-29-17-26(18-30(23-29)45-12-6-2)35(40)38-9-15-48-33-21-28(37(42)43)22-34(25-33)49-16-10-39-36(41)27-19-31(46-13-7-3)24-32(20-27)47-14-8-4/h1-4,17-25H,9-16H2,(H,38,40)(H,39,41)(H,42,43). The van der Waals surface area contributed by atoms with E-state index in [0.29, 0.717) is 23.0 Å². The Kier molecular flexibility index (Phi) is 14.6. The fourth-order valence-electron chi connectivity index (χ4n) is 3.97. The maximum atomic E-state index is 12.8. The number of benzene rings is 3. The summed E-state index contributed by atoms with van der Waals surface area (Å²) in [6, 6.07) is 13.2. The number of carbonyl (C=O) groups excluding carboxylic acids is 2. The van der Waals surface area contributed by atoms with Gasteiger partial charge in [-0.25, -0.2) is 4.79 Å². The number of hydrogen-bond donors (Lipinski definition) is 3. The predicted octanol–water partition coefficient (Wildman–Crippen LogP) is 3.05. The van der Waals surface area contributed by atoms with E-state index >= 15 is 0 Å². The van der Waals surface area contributed by atoms with E-state index in [4.69, 9.17) is 54.1 Å². The number of carbonyl (C=O) groups is 3. The van der Waals surface area contributed by atoms with Crippen molar-refractivity contribution in [2.45, 2.75) is 0 Å². The molecule has 0 saturated heterocycles. The van der Waals surface area contributed by atoms with Crippen LogP contribution < -0.4 is 39.1 Å². The maximum absolute atomic E-state index is 12.8. The minimum absolute atomic E-state index is 0.00475. The molecule has 0 atom stereocenters. The van der Waals surface area contributed by atoms with E-state index < -0.39 is 17.8 Å². The quantitative estimate of drug-likeness (QED) is 0.129. The number of carboxylic acids is 1. The van der Waals surface area contributed by atoms with Crippen LogP contribution in [0.25, 0.3) is 0 Å². The number of terminal acetylenes is 4. The van der Waals surface area contributed by atoms with E-state index in [9.17, 15) is 19.5 Å². The SMILES string of the molecule is C#CCOc1cc(OCC#C)cc(C(=O)NCCOc2cc(OCCNC(=O)c3cc(OCC#C)cc(OCC#C)c3)cc(C(=O)O)c2)c1. The van der Waals surface area contributed by atoms with E-state index in [1.54, 1.807) is 12.1 Å². The fourth-order valence-corrected chi connectivity index (χ4v) is 3.97. The molecular formula is C37H32N2O10. The fraction of sp³-hybridized carbons (Fsp3) is 0.216. The largest absolute Gasteiger partial charge is 0.492 e. The summed E-state index contributed by atoms with van der Waals surface area (Å²) in [6.45, 7) is 0.0975. The van der Waals surface area contributed by atoms with Crippen molar-refractivity contribution >= 4 is 17.8 Å². The van der Waals surface area contributed by atoms with Crippen molar-refractivity contribution in [2.24, 2.45) is 0 Å². The van der Waals surface area contributed by atoms with Gasteiger partial charge < -0.3 is 44.2 Å². The van der Waals surface area contributed by atoms with Crippen molar-refractivity contribution in [3.8, 4) is 83.9 Å². The number of hydrogen-bond acceptors (Lipinski definition) is 9. The second kappa shape index (κ2) is 19.6. The van der Waals surface area contributed by atoms with Gasteiger partial charge in [0.1, 0.15) is 74.1 Å². The molecule has 12 heteroatoms. The summed E-state index contributed by atoms with van der Waals surface area (Å²) in [7, 11) is 0. The number of nitrogens with one attached hydrogen (secondary N) is 2. The van der Waals surface area contributed by atoms with Crippen molar-refractivity contribution in [3.05, 3.63) is 71.3 Å². The third kappa shape index (κ3) is 12.4. The van der Waals surface area contributed by atoms with E-state index in [-0.39, 0.29) is 80.9 Å². The van der Waals surface area contributed by atoms with E-state index in [0.717, 1.165) is 0 Å². The Morgan fingerprint density at radius 3 is 1.06 bits per heavy atom. The van der Waals surface area contributed by atoms with Gasteiger partial charge in [0.2, 0.25) is 0 Å². The minimum Gasteiger partial charge on any atom is -0.492 e. The van der Waals surface area contributed by atoms with Crippen molar-refractivity contribution < 1.29 is 47.9 Å². The summed E-state index contributed by atoms with van der Waals surface area (Å²) in [6.07, 6.45) is 21.0. The van der Waals surface area contributed by atoms with Crippen LogP contribution >= 0.6 is 0 Å². The molecule has 12 nitrogen and oxygen atoms in total. The monoisotopic (exact) mass is 664 g/mol. The zero-order valence-electron chi connectivity index (χ0n) is 26.3. The molecule has 0 aromatic heterocycles. The van der Waals surface area contributed by atoms with Gasteiger partial charge in [0.15, 0.2) is 0 Å². The highest BCUT2D eigenvalue weighted by molar-refractivity contribution is 5.95. The van der Waals surface area contributed by atoms with Gasteiger partial charge in [-0.3, -0.25) is 9.59 Å². The lowest BCUT2D eigenvalue weighted by Crippen LogP contribution is -2.28. The van der Waals surface area contributed by atoms with Crippen LogP contribution in [0.15, 0.2) is 54.6 Å². The third-order valence-corrected chi connectivity index (χ3v) is 6.01. The molecule has 250 valence electrons. The first kappa shape index (κ1) is 36.6. The average Bonchev–Trinajstić information content (AvgIpc) is 3.11. The molecule has 3 aromatic rings. The van der Waals surface area contributed by atoms with Crippen LogP contribution in [-0.4, -0.2) is 75.6 Å². The van der Waals surface area contributed by atoms with Gasteiger partial charge in [0.25, 0.3) is 11.8 Å².